The first-order valence-electron chi connectivity index (χ1n) is 9.60. The molecule has 0 spiro atoms. The van der Waals surface area contributed by atoms with Crippen LogP contribution >= 0.6 is 11.6 Å². The van der Waals surface area contributed by atoms with Gasteiger partial charge in [0.2, 0.25) is 5.88 Å². The van der Waals surface area contributed by atoms with Crippen LogP contribution in [-0.4, -0.2) is 16.1 Å². The molecule has 0 saturated heterocycles. The van der Waals surface area contributed by atoms with Crippen LogP contribution in [0.15, 0.2) is 60.8 Å². The summed E-state index contributed by atoms with van der Waals surface area (Å²) in [5.41, 5.74) is 4.10. The molecule has 0 bridgehead atoms. The summed E-state index contributed by atoms with van der Waals surface area (Å²) >= 11 is 6.22. The first-order valence-corrected chi connectivity index (χ1v) is 9.98. The van der Waals surface area contributed by atoms with E-state index in [1.165, 1.54) is 18.3 Å². The Morgan fingerprint density at radius 1 is 1.13 bits per heavy atom. The van der Waals surface area contributed by atoms with Crippen molar-refractivity contribution in [2.24, 2.45) is 0 Å². The minimum atomic E-state index is -1.16. The Labute approximate surface area is 208 Å². The second kappa shape index (κ2) is 10.4. The molecule has 1 heterocycles. The Bertz CT molecular complexity index is 1140. The summed E-state index contributed by atoms with van der Waals surface area (Å²) in [5, 5.41) is 9.76. The van der Waals surface area contributed by atoms with Gasteiger partial charge < -0.3 is 11.3 Å². The van der Waals surface area contributed by atoms with Crippen LogP contribution in [-0.2, 0) is 6.61 Å². The number of hydrogen-bond donors (Lipinski definition) is 1. The molecule has 1 N–H and O–H groups in total. The number of carboxylic acid groups (broad SMARTS) is 1. The fourth-order valence-corrected chi connectivity index (χ4v) is 3.89. The molecule has 0 amide bonds. The molecule has 7 heteroatoms. The summed E-state index contributed by atoms with van der Waals surface area (Å²) in [6.45, 7) is 0.355. The van der Waals surface area contributed by atoms with E-state index in [2.05, 4.69) is 4.98 Å². The monoisotopic (exact) mass is 447 g/mol. The van der Waals surface area contributed by atoms with Gasteiger partial charge in [-0.1, -0.05) is 41.9 Å². The van der Waals surface area contributed by atoms with Crippen LogP contribution in [0.5, 0.6) is 5.88 Å². The second-order valence-electron chi connectivity index (χ2n) is 7.12. The SMILES string of the molecule is O=C(O)c1cc(F)cc(C2=C(c3cc(Cl)cnc3OCc3ccccc3)CCC2)c1.[H-].[Na+]. The zero-order valence-corrected chi connectivity index (χ0v) is 19.8. The first-order chi connectivity index (χ1) is 14.5. The Hall–Kier alpha value is -2.18. The van der Waals surface area contributed by atoms with Gasteiger partial charge in [-0.15, -0.1) is 0 Å². The number of benzene rings is 2. The van der Waals surface area contributed by atoms with E-state index >= 15 is 0 Å². The summed E-state index contributed by atoms with van der Waals surface area (Å²) < 4.78 is 20.1. The Morgan fingerprint density at radius 3 is 2.61 bits per heavy atom. The molecule has 1 aliphatic carbocycles. The van der Waals surface area contributed by atoms with Crippen LogP contribution in [0, 0.1) is 5.82 Å². The molecule has 0 radical (unpaired) electrons. The molecule has 0 unspecified atom stereocenters. The van der Waals surface area contributed by atoms with Gasteiger partial charge in [-0.3, -0.25) is 0 Å². The van der Waals surface area contributed by atoms with Crippen molar-refractivity contribution in [2.75, 3.05) is 0 Å². The van der Waals surface area contributed by atoms with Gasteiger partial charge in [0.05, 0.1) is 10.6 Å². The molecular weight excluding hydrogens is 428 g/mol. The number of pyridine rings is 1. The van der Waals surface area contributed by atoms with Gasteiger partial charge in [-0.25, -0.2) is 14.2 Å². The molecule has 4 nitrogen and oxygen atoms in total. The Balaban J connectivity index is 0.00000181. The number of carboxylic acids is 1. The van der Waals surface area contributed by atoms with Gasteiger partial charge in [-0.2, -0.15) is 0 Å². The number of aromatic nitrogens is 1. The van der Waals surface area contributed by atoms with Crippen LogP contribution in [0.3, 0.4) is 0 Å². The van der Waals surface area contributed by atoms with Crippen molar-refractivity contribution >= 4 is 28.7 Å². The maximum Gasteiger partial charge on any atom is 1.00 e. The van der Waals surface area contributed by atoms with E-state index in [9.17, 15) is 14.3 Å². The van der Waals surface area contributed by atoms with Crippen molar-refractivity contribution < 1.29 is 50.0 Å². The van der Waals surface area contributed by atoms with Gasteiger partial charge in [-0.05, 0) is 65.8 Å². The van der Waals surface area contributed by atoms with Crippen molar-refractivity contribution in [1.29, 1.82) is 0 Å². The molecule has 0 atom stereocenters. The zero-order valence-electron chi connectivity index (χ0n) is 18.1. The van der Waals surface area contributed by atoms with E-state index in [1.807, 2.05) is 30.3 Å². The fourth-order valence-electron chi connectivity index (χ4n) is 3.73. The third-order valence-electron chi connectivity index (χ3n) is 5.07. The van der Waals surface area contributed by atoms with Crippen molar-refractivity contribution in [3.63, 3.8) is 0 Å². The average Bonchev–Trinajstić information content (AvgIpc) is 3.23. The van der Waals surface area contributed by atoms with Crippen LogP contribution in [0.25, 0.3) is 11.1 Å². The maximum atomic E-state index is 14.1. The minimum absolute atomic E-state index is 0. The van der Waals surface area contributed by atoms with Gasteiger partial charge in [0, 0.05) is 11.8 Å². The number of carbonyl (C=O) groups is 1. The van der Waals surface area contributed by atoms with E-state index in [-0.39, 0.29) is 36.5 Å². The molecule has 1 aromatic heterocycles. The molecule has 1 aliphatic rings. The van der Waals surface area contributed by atoms with Crippen molar-refractivity contribution in [1.82, 2.24) is 4.98 Å². The van der Waals surface area contributed by atoms with Crippen LogP contribution in [0.1, 0.15) is 47.7 Å². The van der Waals surface area contributed by atoms with Crippen molar-refractivity contribution in [3.05, 3.63) is 93.9 Å². The number of halogens is 2. The third kappa shape index (κ3) is 5.55. The number of rotatable bonds is 6. The summed E-state index contributed by atoms with van der Waals surface area (Å²) in [6.07, 6.45) is 3.86. The van der Waals surface area contributed by atoms with Crippen LogP contribution in [0.2, 0.25) is 5.02 Å². The largest absolute Gasteiger partial charge is 1.00 e. The minimum Gasteiger partial charge on any atom is -1.00 e. The third-order valence-corrected chi connectivity index (χ3v) is 5.28. The molecule has 2 aromatic carbocycles. The maximum absolute atomic E-state index is 14.1. The summed E-state index contributed by atoms with van der Waals surface area (Å²) in [5.74, 6) is -1.28. The topological polar surface area (TPSA) is 59.4 Å². The van der Waals surface area contributed by atoms with E-state index in [4.69, 9.17) is 16.3 Å². The van der Waals surface area contributed by atoms with Crippen molar-refractivity contribution in [2.45, 2.75) is 25.9 Å². The van der Waals surface area contributed by atoms with Gasteiger partial charge >= 0.3 is 35.5 Å². The smallest absolute Gasteiger partial charge is 1.00 e. The normalized spacial score (nSPS) is 13.1. The molecule has 0 aliphatic heterocycles. The van der Waals surface area contributed by atoms with Gasteiger partial charge in [0.25, 0.3) is 0 Å². The Morgan fingerprint density at radius 2 is 1.87 bits per heavy atom. The van der Waals surface area contributed by atoms with E-state index in [1.54, 1.807) is 6.07 Å². The molecule has 31 heavy (non-hydrogen) atoms. The quantitative estimate of drug-likeness (QED) is 0.589. The molecule has 3 aromatic rings. The van der Waals surface area contributed by atoms with E-state index in [0.717, 1.165) is 41.2 Å². The second-order valence-corrected chi connectivity index (χ2v) is 7.56. The summed E-state index contributed by atoms with van der Waals surface area (Å²) in [7, 11) is 0. The molecule has 0 saturated carbocycles. The number of allylic oxidation sites excluding steroid dienone is 2. The molecule has 154 valence electrons. The number of ether oxygens (including phenoxy) is 1. The Kier molecular flexibility index (Phi) is 7.89. The van der Waals surface area contributed by atoms with Crippen LogP contribution < -0.4 is 34.3 Å². The predicted octanol–water partition coefficient (Wildman–Crippen LogP) is 3.36. The fraction of sp³-hybridized carbons (Fsp3) is 0.167. The molecule has 0 fully saturated rings. The number of aromatic carboxylic acids is 1. The standard InChI is InChI=1S/C24H19ClFNO3.Na.H/c25-18-12-22(23(27-13-18)30-14-15-5-2-1-3-6-15)21-8-4-7-20(21)16-9-17(24(28)29)11-19(26)10-16;;/h1-3,5-6,9-13H,4,7-8,14H2,(H,28,29);;/q;+1;-1. The first kappa shape index (κ1) is 23.5. The predicted molar refractivity (Wildman–Crippen MR) is 115 cm³/mol. The van der Waals surface area contributed by atoms with E-state index < -0.39 is 11.8 Å². The van der Waals surface area contributed by atoms with Gasteiger partial charge in [0.15, 0.2) is 0 Å². The summed E-state index contributed by atoms with van der Waals surface area (Å²) in [4.78, 5) is 15.7. The van der Waals surface area contributed by atoms with Crippen LogP contribution in [0.4, 0.5) is 4.39 Å². The number of hydrogen-bond acceptors (Lipinski definition) is 3. The van der Waals surface area contributed by atoms with Crippen molar-refractivity contribution in [3.8, 4) is 5.88 Å². The molecular formula is C24H20ClFNNaO3. The average molecular weight is 448 g/mol. The van der Waals surface area contributed by atoms with E-state index in [0.29, 0.717) is 29.5 Å². The van der Waals surface area contributed by atoms with Gasteiger partial charge in [0.1, 0.15) is 12.4 Å². The zero-order chi connectivity index (χ0) is 21.1. The summed E-state index contributed by atoms with van der Waals surface area (Å²) in [6, 6.07) is 15.5. The molecule has 4 rings (SSSR count). The number of nitrogens with zero attached hydrogens (tertiary/aromatic N) is 1.